The SMILES string of the molecule is CC(=O)c1cc2sc(N(C)C(=O)Nc3ccc(O)cc3)cc2oc1=O. The predicted molar refractivity (Wildman–Crippen MR) is 95.9 cm³/mol. The lowest BCUT2D eigenvalue weighted by Gasteiger charge is -2.15. The van der Waals surface area contributed by atoms with Crippen LogP contribution in [0, 0.1) is 0 Å². The number of anilines is 2. The van der Waals surface area contributed by atoms with Crippen LogP contribution < -0.4 is 15.8 Å². The van der Waals surface area contributed by atoms with Crippen LogP contribution in [-0.4, -0.2) is 24.0 Å². The first-order valence-electron chi connectivity index (χ1n) is 7.27. The molecule has 0 spiro atoms. The van der Waals surface area contributed by atoms with E-state index >= 15 is 0 Å². The van der Waals surface area contributed by atoms with Gasteiger partial charge in [0, 0.05) is 18.8 Å². The van der Waals surface area contributed by atoms with Crippen molar-refractivity contribution in [3.8, 4) is 5.75 Å². The van der Waals surface area contributed by atoms with Crippen molar-refractivity contribution in [2.24, 2.45) is 0 Å². The maximum absolute atomic E-state index is 12.3. The molecule has 8 heteroatoms. The van der Waals surface area contributed by atoms with E-state index < -0.39 is 11.7 Å². The third-order valence-electron chi connectivity index (χ3n) is 3.54. The third kappa shape index (κ3) is 3.38. The van der Waals surface area contributed by atoms with Crippen molar-refractivity contribution in [1.82, 2.24) is 0 Å². The van der Waals surface area contributed by atoms with Gasteiger partial charge in [0.1, 0.15) is 16.3 Å². The summed E-state index contributed by atoms with van der Waals surface area (Å²) in [5.74, 6) is -0.267. The first-order valence-corrected chi connectivity index (χ1v) is 8.09. The quantitative estimate of drug-likeness (QED) is 0.552. The Balaban J connectivity index is 1.87. The van der Waals surface area contributed by atoms with E-state index in [4.69, 9.17) is 4.42 Å². The number of aromatic hydroxyl groups is 1. The van der Waals surface area contributed by atoms with Crippen molar-refractivity contribution in [2.45, 2.75) is 6.92 Å². The number of carbonyl (C=O) groups excluding carboxylic acids is 2. The number of carbonyl (C=O) groups is 2. The summed E-state index contributed by atoms with van der Waals surface area (Å²) in [7, 11) is 1.57. The number of thiophene rings is 1. The van der Waals surface area contributed by atoms with E-state index in [0.29, 0.717) is 21.0 Å². The molecule has 2 aromatic heterocycles. The molecule has 2 amide bonds. The van der Waals surface area contributed by atoms with E-state index in [2.05, 4.69) is 5.32 Å². The molecule has 128 valence electrons. The van der Waals surface area contributed by atoms with Gasteiger partial charge in [0.15, 0.2) is 11.4 Å². The van der Waals surface area contributed by atoms with Gasteiger partial charge in [-0.05, 0) is 37.3 Å². The van der Waals surface area contributed by atoms with Crippen molar-refractivity contribution in [2.75, 3.05) is 17.3 Å². The summed E-state index contributed by atoms with van der Waals surface area (Å²) in [6, 6.07) is 8.73. The number of hydrogen-bond acceptors (Lipinski definition) is 6. The highest BCUT2D eigenvalue weighted by Crippen LogP contribution is 2.32. The molecule has 3 rings (SSSR count). The smallest absolute Gasteiger partial charge is 0.347 e. The van der Waals surface area contributed by atoms with Crippen LogP contribution in [0.1, 0.15) is 17.3 Å². The third-order valence-corrected chi connectivity index (χ3v) is 4.68. The van der Waals surface area contributed by atoms with Crippen LogP contribution in [0.3, 0.4) is 0 Å². The summed E-state index contributed by atoms with van der Waals surface area (Å²) < 4.78 is 5.74. The zero-order valence-corrected chi connectivity index (χ0v) is 14.2. The van der Waals surface area contributed by atoms with Gasteiger partial charge in [0.2, 0.25) is 0 Å². The average molecular weight is 358 g/mol. The van der Waals surface area contributed by atoms with Crippen LogP contribution >= 0.6 is 11.3 Å². The van der Waals surface area contributed by atoms with Gasteiger partial charge >= 0.3 is 11.7 Å². The number of phenols is 1. The van der Waals surface area contributed by atoms with Crippen LogP contribution in [0.4, 0.5) is 15.5 Å². The van der Waals surface area contributed by atoms with Gasteiger partial charge < -0.3 is 14.8 Å². The van der Waals surface area contributed by atoms with Crippen LogP contribution in [0.25, 0.3) is 10.3 Å². The highest BCUT2D eigenvalue weighted by Gasteiger charge is 2.17. The molecule has 0 fully saturated rings. The molecule has 3 aromatic rings. The number of fused-ring (bicyclic) bond motifs is 1. The second-order valence-corrected chi connectivity index (χ2v) is 6.42. The Morgan fingerprint density at radius 1 is 1.20 bits per heavy atom. The van der Waals surface area contributed by atoms with Crippen LogP contribution in [-0.2, 0) is 0 Å². The lowest BCUT2D eigenvalue weighted by Crippen LogP contribution is -2.30. The van der Waals surface area contributed by atoms with Gasteiger partial charge in [0.05, 0.1) is 4.70 Å². The van der Waals surface area contributed by atoms with E-state index in [-0.39, 0.29) is 17.1 Å². The standard InChI is InChI=1S/C17H14N2O5S/c1-9(20)12-7-14-13(24-16(12)22)8-15(25-14)19(2)17(23)18-10-3-5-11(21)6-4-10/h3-8,21H,1-2H3,(H,18,23). The maximum atomic E-state index is 12.3. The Kier molecular flexibility index (Phi) is 4.28. The second kappa shape index (κ2) is 6.40. The number of phenolic OH excluding ortho intramolecular Hbond substituents is 1. The molecule has 0 atom stereocenters. The normalized spacial score (nSPS) is 10.6. The minimum Gasteiger partial charge on any atom is -0.508 e. The van der Waals surface area contributed by atoms with E-state index in [1.165, 1.54) is 41.4 Å². The first-order chi connectivity index (χ1) is 11.8. The van der Waals surface area contributed by atoms with Crippen molar-refractivity contribution in [3.63, 3.8) is 0 Å². The Morgan fingerprint density at radius 2 is 1.88 bits per heavy atom. The number of Topliss-reactive ketones (excluding diaryl/α,β-unsaturated/α-hetero) is 1. The van der Waals surface area contributed by atoms with Crippen molar-refractivity contribution < 1.29 is 19.1 Å². The van der Waals surface area contributed by atoms with Gasteiger partial charge in [0.25, 0.3) is 0 Å². The number of rotatable bonds is 3. The van der Waals surface area contributed by atoms with Crippen LogP contribution in [0.15, 0.2) is 45.6 Å². The fraction of sp³-hybridized carbons (Fsp3) is 0.118. The number of ketones is 1. The van der Waals surface area contributed by atoms with Crippen LogP contribution in [0.5, 0.6) is 5.75 Å². The molecule has 1 aromatic carbocycles. The zero-order chi connectivity index (χ0) is 18.1. The summed E-state index contributed by atoms with van der Waals surface area (Å²) in [6.45, 7) is 1.30. The molecule has 25 heavy (non-hydrogen) atoms. The minimum atomic E-state index is -0.694. The van der Waals surface area contributed by atoms with E-state index in [1.807, 2.05) is 0 Å². The van der Waals surface area contributed by atoms with E-state index in [1.54, 1.807) is 25.2 Å². The second-order valence-electron chi connectivity index (χ2n) is 5.35. The maximum Gasteiger partial charge on any atom is 0.347 e. The van der Waals surface area contributed by atoms with E-state index in [0.717, 1.165) is 0 Å². The summed E-state index contributed by atoms with van der Waals surface area (Å²) in [5.41, 5.74) is 0.137. The van der Waals surface area contributed by atoms with Gasteiger partial charge in [-0.2, -0.15) is 0 Å². The van der Waals surface area contributed by atoms with Crippen LogP contribution in [0.2, 0.25) is 0 Å². The zero-order valence-electron chi connectivity index (χ0n) is 13.4. The van der Waals surface area contributed by atoms with Gasteiger partial charge in [-0.25, -0.2) is 9.59 Å². The molecule has 0 saturated carbocycles. The molecular weight excluding hydrogens is 344 g/mol. The number of nitrogens with one attached hydrogen (secondary N) is 1. The van der Waals surface area contributed by atoms with Gasteiger partial charge in [-0.15, -0.1) is 11.3 Å². The van der Waals surface area contributed by atoms with Gasteiger partial charge in [-0.1, -0.05) is 0 Å². The summed E-state index contributed by atoms with van der Waals surface area (Å²) >= 11 is 1.23. The fourth-order valence-electron chi connectivity index (χ4n) is 2.16. The molecule has 0 bridgehead atoms. The van der Waals surface area contributed by atoms with Crippen molar-refractivity contribution >= 4 is 44.1 Å². The Morgan fingerprint density at radius 3 is 2.52 bits per heavy atom. The number of benzene rings is 1. The Labute approximate surface area is 146 Å². The molecule has 0 aliphatic heterocycles. The molecule has 0 saturated heterocycles. The Hall–Kier alpha value is -3.13. The number of nitrogens with zero attached hydrogens (tertiary/aromatic N) is 1. The summed E-state index contributed by atoms with van der Waals surface area (Å²) in [5, 5.41) is 12.5. The minimum absolute atomic E-state index is 0.0166. The molecule has 0 unspecified atom stereocenters. The molecular formula is C17H14N2O5S. The Bertz CT molecular complexity index is 1020. The number of hydrogen-bond donors (Lipinski definition) is 2. The highest BCUT2D eigenvalue weighted by molar-refractivity contribution is 7.22. The number of amides is 2. The topological polar surface area (TPSA) is 99.8 Å². The van der Waals surface area contributed by atoms with Crippen molar-refractivity contribution in [1.29, 1.82) is 0 Å². The fourth-order valence-corrected chi connectivity index (χ4v) is 3.15. The van der Waals surface area contributed by atoms with Crippen molar-refractivity contribution in [3.05, 3.63) is 52.4 Å². The molecule has 0 aliphatic carbocycles. The lowest BCUT2D eigenvalue weighted by molar-refractivity contribution is 0.101. The largest absolute Gasteiger partial charge is 0.508 e. The molecule has 2 heterocycles. The molecule has 2 N–H and O–H groups in total. The summed E-state index contributed by atoms with van der Waals surface area (Å²) in [6.07, 6.45) is 0. The molecule has 0 aliphatic rings. The van der Waals surface area contributed by atoms with Gasteiger partial charge in [-0.3, -0.25) is 9.69 Å². The first kappa shape index (κ1) is 16.7. The molecule has 7 nitrogen and oxygen atoms in total. The summed E-state index contributed by atoms with van der Waals surface area (Å²) in [4.78, 5) is 36.9. The molecule has 0 radical (unpaired) electrons. The lowest BCUT2D eigenvalue weighted by atomic mass is 10.2. The monoisotopic (exact) mass is 358 g/mol. The number of urea groups is 1. The average Bonchev–Trinajstić information content (AvgIpc) is 2.97. The predicted octanol–water partition coefficient (Wildman–Crippen LogP) is 3.43. The van der Waals surface area contributed by atoms with E-state index in [9.17, 15) is 19.5 Å². The highest BCUT2D eigenvalue weighted by atomic mass is 32.1.